The number of nitrogens with zero attached hydrogens (tertiary/aromatic N) is 1. The molecule has 0 aromatic carbocycles. The number of fused-ring (bicyclic) bond motifs is 1. The minimum atomic E-state index is -3.52. The molecule has 0 aromatic rings. The Kier molecular flexibility index (Phi) is 9.69. The molecule has 0 bridgehead atoms. The molecule has 3 rings (SSSR count). The van der Waals surface area contributed by atoms with Gasteiger partial charge in [-0.15, -0.1) is 0 Å². The molecule has 3 aliphatic rings. The van der Waals surface area contributed by atoms with E-state index in [0.717, 1.165) is 44.3 Å². The second-order valence-corrected chi connectivity index (χ2v) is 13.5. The van der Waals surface area contributed by atoms with E-state index in [-0.39, 0.29) is 17.9 Å². The quantitative estimate of drug-likeness (QED) is 0.293. The molecule has 0 radical (unpaired) electrons. The smallest absolute Gasteiger partial charge is 0.219 e. The molecule has 2 N–H and O–H groups in total. The molecular weight excluding hydrogens is 450 g/mol. The predicted octanol–water partition coefficient (Wildman–Crippen LogP) is 4.98. The van der Waals surface area contributed by atoms with Gasteiger partial charge in [-0.25, -0.2) is 8.42 Å². The third-order valence-corrected chi connectivity index (χ3v) is 11.3. The molecule has 34 heavy (non-hydrogen) atoms. The fourth-order valence-electron chi connectivity index (χ4n) is 6.77. The summed E-state index contributed by atoms with van der Waals surface area (Å²) in [5.74, 6) is 2.33. The van der Waals surface area contributed by atoms with Gasteiger partial charge in [0, 0.05) is 19.0 Å². The highest BCUT2D eigenvalue weighted by molar-refractivity contribution is 7.90. The van der Waals surface area contributed by atoms with Crippen LogP contribution in [0.3, 0.4) is 0 Å². The molecule has 196 valence electrons. The van der Waals surface area contributed by atoms with Crippen LogP contribution < -0.4 is 0 Å². The molecule has 6 atom stereocenters. The molecule has 0 saturated carbocycles. The predicted molar refractivity (Wildman–Crippen MR) is 136 cm³/mol. The first kappa shape index (κ1) is 27.7. The summed E-state index contributed by atoms with van der Waals surface area (Å²) in [5.41, 5.74) is 0. The maximum Gasteiger partial charge on any atom is 0.219 e. The first-order chi connectivity index (χ1) is 16.1. The van der Waals surface area contributed by atoms with Crippen LogP contribution in [-0.2, 0) is 14.8 Å². The minimum Gasteiger partial charge on any atom is -0.499 e. The minimum absolute atomic E-state index is 0.00584. The number of rotatable bonds is 12. The van der Waals surface area contributed by atoms with E-state index in [9.17, 15) is 18.6 Å². The Balaban J connectivity index is 1.78. The first-order valence-corrected chi connectivity index (χ1v) is 14.9. The normalized spacial score (nSPS) is 30.6. The molecule has 1 saturated heterocycles. The summed E-state index contributed by atoms with van der Waals surface area (Å²) in [5, 5.41) is 18.8. The molecule has 1 heterocycles. The lowest BCUT2D eigenvalue weighted by atomic mass is 9.78. The number of aliphatic hydroxyl groups is 2. The van der Waals surface area contributed by atoms with E-state index in [1.807, 2.05) is 18.2 Å². The summed E-state index contributed by atoms with van der Waals surface area (Å²) in [6, 6.07) is -0.00584. The molecular formula is C27H47NO5S. The van der Waals surface area contributed by atoms with Crippen LogP contribution in [0.1, 0.15) is 91.9 Å². The average molecular weight is 498 g/mol. The maximum absolute atomic E-state index is 14.3. The number of allylic oxidation sites excluding steroid dienone is 3. The lowest BCUT2D eigenvalue weighted by Crippen LogP contribution is -2.50. The van der Waals surface area contributed by atoms with E-state index in [4.69, 9.17) is 4.74 Å². The second kappa shape index (κ2) is 11.9. The highest BCUT2D eigenvalue weighted by atomic mass is 32.2. The van der Waals surface area contributed by atoms with Gasteiger partial charge in [-0.3, -0.25) is 0 Å². The third-order valence-electron chi connectivity index (χ3n) is 8.64. The number of hydrogen-bond donors (Lipinski definition) is 2. The van der Waals surface area contributed by atoms with E-state index in [1.54, 1.807) is 0 Å². The van der Waals surface area contributed by atoms with Gasteiger partial charge in [-0.2, -0.15) is 4.31 Å². The van der Waals surface area contributed by atoms with E-state index in [2.05, 4.69) is 32.1 Å². The Morgan fingerprint density at radius 2 is 1.94 bits per heavy atom. The van der Waals surface area contributed by atoms with Crippen molar-refractivity contribution >= 4 is 10.0 Å². The monoisotopic (exact) mass is 497 g/mol. The number of aliphatic hydroxyl groups excluding tert-OH is 1. The highest BCUT2D eigenvalue weighted by Crippen LogP contribution is 2.46. The summed E-state index contributed by atoms with van der Waals surface area (Å²) in [4.78, 5) is 0. The Hall–Kier alpha value is -0.890. The molecule has 0 aromatic heterocycles. The van der Waals surface area contributed by atoms with Gasteiger partial charge in [0.2, 0.25) is 10.0 Å². The number of ether oxygens (including phenoxy) is 1. The molecule has 0 amide bonds. The van der Waals surface area contributed by atoms with Gasteiger partial charge >= 0.3 is 0 Å². The summed E-state index contributed by atoms with van der Waals surface area (Å²) in [6.07, 6.45) is 12.9. The third kappa shape index (κ3) is 6.08. The standard InChI is InChI=1S/C27H47NO5S/c1-5-17-27(4,18-20(3)21-11-14-23(15-12-21)33-6-2)34(31,32)28-19-22(13-16-26(29)30)24-9-7-8-10-25(24)28/h7-8,14,20-22,24-26,29-30H,5-6,9-13,15-19H2,1-4H3/t20?,21?,22?,24?,25?,27-/m1/s1. The van der Waals surface area contributed by atoms with Crippen LogP contribution in [0.2, 0.25) is 0 Å². The second-order valence-electron chi connectivity index (χ2n) is 11.1. The van der Waals surface area contributed by atoms with E-state index in [0.29, 0.717) is 50.7 Å². The van der Waals surface area contributed by atoms with Crippen molar-refractivity contribution in [2.75, 3.05) is 13.2 Å². The molecule has 5 unspecified atom stereocenters. The van der Waals surface area contributed by atoms with Crippen molar-refractivity contribution in [2.24, 2.45) is 23.7 Å². The van der Waals surface area contributed by atoms with E-state index < -0.39 is 21.1 Å². The summed E-state index contributed by atoms with van der Waals surface area (Å²) in [7, 11) is -3.52. The van der Waals surface area contributed by atoms with Crippen LogP contribution in [0.4, 0.5) is 0 Å². The van der Waals surface area contributed by atoms with Crippen molar-refractivity contribution in [3.63, 3.8) is 0 Å². The van der Waals surface area contributed by atoms with Crippen LogP contribution in [0.25, 0.3) is 0 Å². The molecule has 0 spiro atoms. The van der Waals surface area contributed by atoms with Gasteiger partial charge in [0.05, 0.1) is 17.1 Å². The topological polar surface area (TPSA) is 87.1 Å². The maximum atomic E-state index is 14.3. The number of sulfonamides is 1. The Morgan fingerprint density at radius 1 is 1.21 bits per heavy atom. The molecule has 7 heteroatoms. The molecule has 1 fully saturated rings. The van der Waals surface area contributed by atoms with Crippen molar-refractivity contribution in [2.45, 2.75) is 109 Å². The molecule has 2 aliphatic carbocycles. The lowest BCUT2D eigenvalue weighted by Gasteiger charge is -2.40. The summed E-state index contributed by atoms with van der Waals surface area (Å²) in [6.45, 7) is 9.50. The van der Waals surface area contributed by atoms with Gasteiger partial charge in [0.1, 0.15) is 0 Å². The Labute approximate surface area is 207 Å². The average Bonchev–Trinajstić information content (AvgIpc) is 3.18. The zero-order valence-corrected chi connectivity index (χ0v) is 22.5. The van der Waals surface area contributed by atoms with Crippen LogP contribution in [0.15, 0.2) is 24.0 Å². The van der Waals surface area contributed by atoms with Gasteiger partial charge in [-0.05, 0) is 95.0 Å². The van der Waals surface area contributed by atoms with Crippen molar-refractivity contribution in [1.29, 1.82) is 0 Å². The first-order valence-electron chi connectivity index (χ1n) is 13.5. The fourth-order valence-corrected chi connectivity index (χ4v) is 9.25. The van der Waals surface area contributed by atoms with Gasteiger partial charge in [-0.1, -0.05) is 32.4 Å². The summed E-state index contributed by atoms with van der Waals surface area (Å²) < 4.78 is 35.3. The van der Waals surface area contributed by atoms with Gasteiger partial charge in [0.15, 0.2) is 6.29 Å². The van der Waals surface area contributed by atoms with Crippen LogP contribution >= 0.6 is 0 Å². The molecule has 1 aliphatic heterocycles. The number of hydrogen-bond acceptors (Lipinski definition) is 5. The lowest BCUT2D eigenvalue weighted by molar-refractivity contribution is -0.0495. The molecule has 6 nitrogen and oxygen atoms in total. The van der Waals surface area contributed by atoms with Gasteiger partial charge in [0.25, 0.3) is 0 Å². The Morgan fingerprint density at radius 3 is 2.56 bits per heavy atom. The van der Waals surface area contributed by atoms with Crippen molar-refractivity contribution < 1.29 is 23.4 Å². The summed E-state index contributed by atoms with van der Waals surface area (Å²) >= 11 is 0. The van der Waals surface area contributed by atoms with Crippen LogP contribution in [0, 0.1) is 23.7 Å². The largest absolute Gasteiger partial charge is 0.499 e. The van der Waals surface area contributed by atoms with Crippen molar-refractivity contribution in [3.05, 3.63) is 24.0 Å². The van der Waals surface area contributed by atoms with Crippen LogP contribution in [0.5, 0.6) is 0 Å². The van der Waals surface area contributed by atoms with E-state index >= 15 is 0 Å². The van der Waals surface area contributed by atoms with E-state index in [1.165, 1.54) is 0 Å². The zero-order chi connectivity index (χ0) is 24.9. The van der Waals surface area contributed by atoms with Crippen molar-refractivity contribution in [3.8, 4) is 0 Å². The van der Waals surface area contributed by atoms with Crippen molar-refractivity contribution in [1.82, 2.24) is 4.31 Å². The Bertz CT molecular complexity index is 823. The fraction of sp³-hybridized carbons (Fsp3) is 0.852. The van der Waals surface area contributed by atoms with Gasteiger partial charge < -0.3 is 14.9 Å². The van der Waals surface area contributed by atoms with Crippen LogP contribution in [-0.4, -0.2) is 53.2 Å². The SMILES string of the molecule is CCC[C@](C)(CC(C)C1CC=C(OCC)CC1)S(=O)(=O)N1CC(CCC(O)O)C2CC=CCC21. The zero-order valence-electron chi connectivity index (χ0n) is 21.7. The highest BCUT2D eigenvalue weighted by Gasteiger charge is 2.52.